The van der Waals surface area contributed by atoms with Crippen LogP contribution in [-0.4, -0.2) is 30.7 Å². The van der Waals surface area contributed by atoms with Crippen molar-refractivity contribution in [2.75, 3.05) is 24.5 Å². The first kappa shape index (κ1) is 16.2. The molecule has 0 bridgehead atoms. The van der Waals surface area contributed by atoms with E-state index >= 15 is 0 Å². The summed E-state index contributed by atoms with van der Waals surface area (Å²) in [6, 6.07) is 5.14. The summed E-state index contributed by atoms with van der Waals surface area (Å²) < 4.78 is 6.23. The fourth-order valence-electron chi connectivity index (χ4n) is 4.15. The molecular formula is C19H26ClN3O. The van der Waals surface area contributed by atoms with Gasteiger partial charge in [0, 0.05) is 30.7 Å². The molecule has 1 N–H and O–H groups in total. The number of anilines is 1. The molecule has 0 unspecified atom stereocenters. The van der Waals surface area contributed by atoms with Crippen molar-refractivity contribution in [1.82, 2.24) is 10.3 Å². The van der Waals surface area contributed by atoms with E-state index in [1.807, 2.05) is 6.07 Å². The number of nitrogens with zero attached hydrogens (tertiary/aromatic N) is 2. The van der Waals surface area contributed by atoms with Crippen LogP contribution in [0.25, 0.3) is 11.1 Å². The maximum Gasteiger partial charge on any atom is 0.298 e. The minimum atomic E-state index is 0.393. The number of halogens is 1. The minimum absolute atomic E-state index is 0.393. The molecule has 2 aromatic rings. The van der Waals surface area contributed by atoms with Crippen LogP contribution in [0.2, 0.25) is 5.02 Å². The lowest BCUT2D eigenvalue weighted by atomic mass is 9.85. The molecule has 0 radical (unpaired) electrons. The molecule has 130 valence electrons. The summed E-state index contributed by atoms with van der Waals surface area (Å²) in [6.45, 7) is 5.07. The number of hydrogen-bond donors (Lipinski definition) is 1. The van der Waals surface area contributed by atoms with Crippen molar-refractivity contribution in [3.05, 3.63) is 22.7 Å². The maximum atomic E-state index is 6.36. The monoisotopic (exact) mass is 347 g/mol. The molecule has 1 aliphatic heterocycles. The smallest absolute Gasteiger partial charge is 0.298 e. The van der Waals surface area contributed by atoms with Crippen LogP contribution in [0.15, 0.2) is 16.5 Å². The van der Waals surface area contributed by atoms with Gasteiger partial charge in [-0.3, -0.25) is 0 Å². The molecule has 24 heavy (non-hydrogen) atoms. The van der Waals surface area contributed by atoms with Crippen molar-refractivity contribution in [3.8, 4) is 0 Å². The Kier molecular flexibility index (Phi) is 4.68. The van der Waals surface area contributed by atoms with Gasteiger partial charge in [-0.05, 0) is 37.0 Å². The Balaban J connectivity index is 1.66. The molecule has 1 saturated heterocycles. The second kappa shape index (κ2) is 6.93. The largest absolute Gasteiger partial charge is 0.423 e. The standard InChI is InChI=1S/C19H26ClN3O/c1-13-12-21-7-8-23(13)19-22-17-11-16(20)10-15(18(17)24-19)9-14-5-3-2-4-6-14/h10-11,13-14,21H,2-9,12H2,1H3/t13-/m0/s1. The van der Waals surface area contributed by atoms with Gasteiger partial charge in [0.25, 0.3) is 6.01 Å². The number of rotatable bonds is 3. The van der Waals surface area contributed by atoms with Crippen molar-refractivity contribution in [2.45, 2.75) is 51.5 Å². The van der Waals surface area contributed by atoms with E-state index in [2.05, 4.69) is 23.2 Å². The quantitative estimate of drug-likeness (QED) is 0.893. The molecule has 4 rings (SSSR count). The Bertz CT molecular complexity index is 708. The Hall–Kier alpha value is -1.26. The third kappa shape index (κ3) is 3.27. The van der Waals surface area contributed by atoms with Gasteiger partial charge < -0.3 is 14.6 Å². The zero-order valence-corrected chi connectivity index (χ0v) is 15.1. The highest BCUT2D eigenvalue weighted by Gasteiger charge is 2.24. The highest BCUT2D eigenvalue weighted by Crippen LogP contribution is 2.33. The summed E-state index contributed by atoms with van der Waals surface area (Å²) >= 11 is 6.36. The fourth-order valence-corrected chi connectivity index (χ4v) is 4.39. The van der Waals surface area contributed by atoms with E-state index in [-0.39, 0.29) is 0 Å². The summed E-state index contributed by atoms with van der Waals surface area (Å²) in [5.41, 5.74) is 3.06. The molecule has 5 heteroatoms. The van der Waals surface area contributed by atoms with E-state index in [0.717, 1.165) is 54.1 Å². The second-order valence-corrected chi connectivity index (χ2v) is 7.80. The minimum Gasteiger partial charge on any atom is -0.423 e. The molecule has 1 atom stereocenters. The van der Waals surface area contributed by atoms with Crippen molar-refractivity contribution >= 4 is 28.7 Å². The lowest BCUT2D eigenvalue weighted by Gasteiger charge is -2.32. The number of nitrogens with one attached hydrogen (secondary N) is 1. The van der Waals surface area contributed by atoms with Gasteiger partial charge in [-0.15, -0.1) is 0 Å². The number of aromatic nitrogens is 1. The zero-order valence-electron chi connectivity index (χ0n) is 14.4. The normalized spacial score (nSPS) is 23.1. The Labute approximate surface area is 148 Å². The van der Waals surface area contributed by atoms with Crippen LogP contribution in [-0.2, 0) is 6.42 Å². The van der Waals surface area contributed by atoms with Crippen molar-refractivity contribution in [1.29, 1.82) is 0 Å². The number of benzene rings is 1. The predicted molar refractivity (Wildman–Crippen MR) is 99.0 cm³/mol. The van der Waals surface area contributed by atoms with Gasteiger partial charge in [0.1, 0.15) is 5.52 Å². The van der Waals surface area contributed by atoms with Crippen molar-refractivity contribution in [2.24, 2.45) is 5.92 Å². The SMILES string of the molecule is C[C@H]1CNCCN1c1nc2cc(Cl)cc(CC3CCCCC3)c2o1. The van der Waals surface area contributed by atoms with E-state index in [9.17, 15) is 0 Å². The maximum absolute atomic E-state index is 6.36. The van der Waals surface area contributed by atoms with Crippen LogP contribution in [0.5, 0.6) is 0 Å². The van der Waals surface area contributed by atoms with Gasteiger partial charge in [0.05, 0.1) is 0 Å². The van der Waals surface area contributed by atoms with E-state index < -0.39 is 0 Å². The average Bonchev–Trinajstić information content (AvgIpc) is 3.00. The van der Waals surface area contributed by atoms with E-state index in [4.69, 9.17) is 21.0 Å². The molecule has 1 saturated carbocycles. The van der Waals surface area contributed by atoms with Crippen LogP contribution in [0.3, 0.4) is 0 Å². The van der Waals surface area contributed by atoms with Gasteiger partial charge in [0.15, 0.2) is 5.58 Å². The Morgan fingerprint density at radius 3 is 2.92 bits per heavy atom. The number of piperazine rings is 1. The molecule has 4 nitrogen and oxygen atoms in total. The van der Waals surface area contributed by atoms with Crippen LogP contribution < -0.4 is 10.2 Å². The first-order valence-electron chi connectivity index (χ1n) is 9.27. The van der Waals surface area contributed by atoms with Gasteiger partial charge in [0.2, 0.25) is 0 Å². The number of oxazole rings is 1. The molecule has 2 heterocycles. The molecule has 2 fully saturated rings. The van der Waals surface area contributed by atoms with Crippen LogP contribution in [0, 0.1) is 5.92 Å². The summed E-state index contributed by atoms with van der Waals surface area (Å²) in [5, 5.41) is 4.18. The Morgan fingerprint density at radius 1 is 1.29 bits per heavy atom. The van der Waals surface area contributed by atoms with Crippen LogP contribution in [0.1, 0.15) is 44.6 Å². The third-order valence-electron chi connectivity index (χ3n) is 5.50. The molecule has 1 aliphatic carbocycles. The fraction of sp³-hybridized carbons (Fsp3) is 0.632. The summed E-state index contributed by atoms with van der Waals surface area (Å²) in [6.07, 6.45) is 7.80. The second-order valence-electron chi connectivity index (χ2n) is 7.36. The van der Waals surface area contributed by atoms with E-state index in [1.54, 1.807) is 0 Å². The zero-order chi connectivity index (χ0) is 16.5. The predicted octanol–water partition coefficient (Wildman–Crippen LogP) is 4.40. The first-order chi connectivity index (χ1) is 11.7. The van der Waals surface area contributed by atoms with Gasteiger partial charge in [-0.25, -0.2) is 0 Å². The van der Waals surface area contributed by atoms with Gasteiger partial charge in [-0.2, -0.15) is 4.98 Å². The summed E-state index contributed by atoms with van der Waals surface area (Å²) in [5.74, 6) is 0.757. The Morgan fingerprint density at radius 2 is 2.12 bits per heavy atom. The number of hydrogen-bond acceptors (Lipinski definition) is 4. The van der Waals surface area contributed by atoms with Crippen LogP contribution >= 0.6 is 11.6 Å². The summed E-state index contributed by atoms with van der Waals surface area (Å²) in [7, 11) is 0. The lowest BCUT2D eigenvalue weighted by Crippen LogP contribution is -2.50. The molecular weight excluding hydrogens is 322 g/mol. The van der Waals surface area contributed by atoms with Gasteiger partial charge >= 0.3 is 0 Å². The van der Waals surface area contributed by atoms with Crippen molar-refractivity contribution < 1.29 is 4.42 Å². The van der Waals surface area contributed by atoms with Crippen LogP contribution in [0.4, 0.5) is 6.01 Å². The highest BCUT2D eigenvalue weighted by atomic mass is 35.5. The molecule has 1 aromatic heterocycles. The lowest BCUT2D eigenvalue weighted by molar-refractivity contribution is 0.356. The molecule has 0 amide bonds. The third-order valence-corrected chi connectivity index (χ3v) is 5.72. The van der Waals surface area contributed by atoms with E-state index in [0.29, 0.717) is 6.04 Å². The molecule has 0 spiro atoms. The molecule has 2 aliphatic rings. The number of fused-ring (bicyclic) bond motifs is 1. The topological polar surface area (TPSA) is 41.3 Å². The van der Waals surface area contributed by atoms with Gasteiger partial charge in [-0.1, -0.05) is 43.7 Å². The average molecular weight is 348 g/mol. The first-order valence-corrected chi connectivity index (χ1v) is 9.65. The van der Waals surface area contributed by atoms with E-state index in [1.165, 1.54) is 37.7 Å². The highest BCUT2D eigenvalue weighted by molar-refractivity contribution is 6.31. The molecule has 1 aromatic carbocycles. The van der Waals surface area contributed by atoms with Crippen molar-refractivity contribution in [3.63, 3.8) is 0 Å². The summed E-state index contributed by atoms with van der Waals surface area (Å²) in [4.78, 5) is 7.01.